The molecule has 5 amide bonds. The summed E-state index contributed by atoms with van der Waals surface area (Å²) in [4.78, 5) is 129. The SMILES string of the molecule is O=CO[C@H](CCCCNC(=O)[C@H](CC1=CCc2ccccc21)NC(=O)C1CCC(CNC(=O)CN2CCN(CC(=O)O)CCN(CC(=O)O)CCN(CC(=O)O)CC2)CC1)NC(=O)N[C@@H](CCC(=O)O)C(=O)O. The third-order valence-corrected chi connectivity index (χ3v) is 13.1. The highest BCUT2D eigenvalue weighted by molar-refractivity contribution is 5.91. The Morgan fingerprint density at radius 2 is 1.21 bits per heavy atom. The molecule has 10 N–H and O–H groups in total. The van der Waals surface area contributed by atoms with E-state index in [9.17, 15) is 68.4 Å². The molecule has 2 aliphatic carbocycles. The van der Waals surface area contributed by atoms with Gasteiger partial charge in [0, 0.05) is 90.6 Å². The third-order valence-electron chi connectivity index (χ3n) is 13.1. The highest BCUT2D eigenvalue weighted by atomic mass is 16.5. The molecule has 25 nitrogen and oxygen atoms in total. The molecule has 0 unspecified atom stereocenters. The number of rotatable bonds is 28. The number of amides is 5. The second-order valence-electron chi connectivity index (χ2n) is 18.6. The van der Waals surface area contributed by atoms with Crippen LogP contribution in [0.2, 0.25) is 0 Å². The van der Waals surface area contributed by atoms with Gasteiger partial charge in [-0.2, -0.15) is 0 Å². The lowest BCUT2D eigenvalue weighted by Crippen LogP contribution is -2.50. The van der Waals surface area contributed by atoms with Gasteiger partial charge in [0.25, 0.3) is 6.47 Å². The molecule has 0 aromatic heterocycles. The zero-order valence-electron chi connectivity index (χ0n) is 41.0. The van der Waals surface area contributed by atoms with Crippen molar-refractivity contribution in [1.29, 1.82) is 0 Å². The summed E-state index contributed by atoms with van der Waals surface area (Å²) < 4.78 is 4.94. The first-order chi connectivity index (χ1) is 34.9. The van der Waals surface area contributed by atoms with E-state index < -0.39 is 66.5 Å². The summed E-state index contributed by atoms with van der Waals surface area (Å²) in [6.07, 6.45) is 4.12. The molecule has 25 heteroatoms. The molecule has 0 spiro atoms. The summed E-state index contributed by atoms with van der Waals surface area (Å²) in [7, 11) is 0. The highest BCUT2D eigenvalue weighted by Crippen LogP contribution is 2.32. The number of hydrogen-bond donors (Lipinski definition) is 10. The average Bonchev–Trinajstić information content (AvgIpc) is 3.74. The molecule has 4 rings (SSSR count). The lowest BCUT2D eigenvalue weighted by Gasteiger charge is -2.33. The maximum atomic E-state index is 13.8. The number of urea groups is 1. The van der Waals surface area contributed by atoms with E-state index in [-0.39, 0.29) is 121 Å². The zero-order valence-corrected chi connectivity index (χ0v) is 41.0. The molecule has 1 aromatic rings. The van der Waals surface area contributed by atoms with Crippen molar-refractivity contribution in [2.24, 2.45) is 11.8 Å². The molecule has 1 heterocycles. The van der Waals surface area contributed by atoms with Gasteiger partial charge >= 0.3 is 35.9 Å². The van der Waals surface area contributed by atoms with E-state index in [4.69, 9.17) is 9.84 Å². The number of hydrogen-bond acceptors (Lipinski definition) is 15. The molecule has 0 radical (unpaired) electrons. The molecule has 1 saturated heterocycles. The van der Waals surface area contributed by atoms with Crippen molar-refractivity contribution >= 4 is 65.6 Å². The molecule has 1 aromatic carbocycles. The van der Waals surface area contributed by atoms with Gasteiger partial charge in [-0.05, 0) is 74.0 Å². The number of carbonyl (C=O) groups excluding carboxylic acids is 5. The molecule has 404 valence electrons. The topological polar surface area (TPSA) is 354 Å². The van der Waals surface area contributed by atoms with Crippen molar-refractivity contribution in [3.63, 3.8) is 0 Å². The van der Waals surface area contributed by atoms with Crippen LogP contribution < -0.4 is 26.6 Å². The van der Waals surface area contributed by atoms with Gasteiger partial charge in [0.2, 0.25) is 17.7 Å². The average molecular weight is 1030 g/mol. The summed E-state index contributed by atoms with van der Waals surface area (Å²) >= 11 is 0. The number of carbonyl (C=O) groups is 10. The lowest BCUT2D eigenvalue weighted by atomic mass is 9.81. The Balaban J connectivity index is 1.28. The minimum absolute atomic E-state index is 0.0184. The molecule has 3 aliphatic rings. The Hall–Kier alpha value is -6.70. The smallest absolute Gasteiger partial charge is 0.326 e. The number of unbranched alkanes of at least 4 members (excludes halogenated alkanes) is 1. The van der Waals surface area contributed by atoms with Gasteiger partial charge < -0.3 is 56.9 Å². The first-order valence-corrected chi connectivity index (χ1v) is 24.7. The van der Waals surface area contributed by atoms with E-state index >= 15 is 0 Å². The van der Waals surface area contributed by atoms with Gasteiger partial charge in [0.1, 0.15) is 12.1 Å². The van der Waals surface area contributed by atoms with Gasteiger partial charge in [0.05, 0.1) is 26.2 Å². The summed E-state index contributed by atoms with van der Waals surface area (Å²) in [6, 6.07) is 4.45. The predicted molar refractivity (Wildman–Crippen MR) is 260 cm³/mol. The molecule has 73 heavy (non-hydrogen) atoms. The van der Waals surface area contributed by atoms with Crippen molar-refractivity contribution in [1.82, 2.24) is 46.2 Å². The van der Waals surface area contributed by atoms with Crippen LogP contribution >= 0.6 is 0 Å². The molecule has 3 atom stereocenters. The summed E-state index contributed by atoms with van der Waals surface area (Å²) in [5.74, 6) is -7.05. The van der Waals surface area contributed by atoms with Crippen LogP contribution in [0.3, 0.4) is 0 Å². The Morgan fingerprint density at radius 1 is 0.644 bits per heavy atom. The number of fused-ring (bicyclic) bond motifs is 1. The maximum Gasteiger partial charge on any atom is 0.326 e. The van der Waals surface area contributed by atoms with Crippen LogP contribution in [0, 0.1) is 11.8 Å². The largest absolute Gasteiger partial charge is 0.481 e. The maximum absolute atomic E-state index is 13.8. The number of carboxylic acids is 5. The number of nitrogens with one attached hydrogen (secondary N) is 5. The Labute approximate surface area is 423 Å². The van der Waals surface area contributed by atoms with Gasteiger partial charge in [-0.25, -0.2) is 9.59 Å². The van der Waals surface area contributed by atoms with Gasteiger partial charge in [0.15, 0.2) is 6.23 Å². The second-order valence-corrected chi connectivity index (χ2v) is 18.6. The predicted octanol–water partition coefficient (Wildman–Crippen LogP) is -0.698. The second kappa shape index (κ2) is 31.0. The van der Waals surface area contributed by atoms with E-state index in [0.717, 1.165) is 16.7 Å². The van der Waals surface area contributed by atoms with Crippen molar-refractivity contribution in [2.45, 2.75) is 88.9 Å². The lowest BCUT2D eigenvalue weighted by molar-refractivity contribution is -0.141. The fourth-order valence-corrected chi connectivity index (χ4v) is 9.10. The molecule has 0 bridgehead atoms. The molecular formula is C48H71N9O16. The van der Waals surface area contributed by atoms with Gasteiger partial charge in [-0.3, -0.25) is 58.0 Å². The van der Waals surface area contributed by atoms with Crippen LogP contribution in [-0.2, 0) is 54.3 Å². The standard InChI is InChI=1S/C48H71N9O16/c58-31-73-40(53-48(72)52-37(47(70)71)14-15-41(60)61)7-3-4-16-49-46(69)38(25-35-13-12-33-5-1-2-6-36(33)35)51-45(68)34-10-8-32(9-11-34)26-50-39(59)27-54-17-19-55(28-42(62)63)21-23-57(30-44(66)67)24-22-56(20-18-54)29-43(64)65/h1-2,5-6,13,31-32,34,37-38,40H,3-4,7-12,14-30H2,(H,49,69)(H,50,59)(H,51,68)(H,60,61)(H,62,63)(H,64,65)(H,66,67)(H,70,71)(H2,52,53,72)/t32?,34?,37-,38-,40+/m0/s1. The van der Waals surface area contributed by atoms with E-state index in [1.54, 1.807) is 14.7 Å². The zero-order chi connectivity index (χ0) is 53.3. The van der Waals surface area contributed by atoms with Gasteiger partial charge in [-0.15, -0.1) is 0 Å². The normalized spacial score (nSPS) is 19.4. The van der Waals surface area contributed by atoms with Crippen LogP contribution in [0.15, 0.2) is 30.3 Å². The number of allylic oxidation sites excluding steroid dienone is 1. The number of benzene rings is 1. The van der Waals surface area contributed by atoms with Crippen molar-refractivity contribution in [3.05, 3.63) is 41.5 Å². The van der Waals surface area contributed by atoms with E-state index in [1.165, 1.54) is 0 Å². The fraction of sp³-hybridized carbons (Fsp3) is 0.625. The number of nitrogens with zero attached hydrogens (tertiary/aromatic N) is 4. The first kappa shape index (κ1) is 58.9. The van der Waals surface area contributed by atoms with Crippen molar-refractivity contribution in [3.8, 4) is 0 Å². The van der Waals surface area contributed by atoms with E-state index in [0.29, 0.717) is 64.6 Å². The Morgan fingerprint density at radius 3 is 1.74 bits per heavy atom. The van der Waals surface area contributed by atoms with Crippen LogP contribution in [0.1, 0.15) is 75.3 Å². The quantitative estimate of drug-likeness (QED) is 0.0282. The van der Waals surface area contributed by atoms with Crippen molar-refractivity contribution < 1.29 is 78.2 Å². The Kier molecular flexibility index (Phi) is 25.0. The van der Waals surface area contributed by atoms with Crippen LogP contribution in [0.4, 0.5) is 4.79 Å². The minimum atomic E-state index is -1.49. The van der Waals surface area contributed by atoms with Crippen LogP contribution in [0.5, 0.6) is 0 Å². The van der Waals surface area contributed by atoms with Crippen LogP contribution in [0.25, 0.3) is 5.57 Å². The summed E-state index contributed by atoms with van der Waals surface area (Å²) in [5, 5.41) is 60.1. The summed E-state index contributed by atoms with van der Waals surface area (Å²) in [6.45, 7) is 2.01. The number of aliphatic carboxylic acids is 5. The van der Waals surface area contributed by atoms with E-state index in [1.807, 2.05) is 35.2 Å². The fourth-order valence-electron chi connectivity index (χ4n) is 9.10. The monoisotopic (exact) mass is 1030 g/mol. The first-order valence-electron chi connectivity index (χ1n) is 24.7. The molecule has 1 aliphatic heterocycles. The molecule has 2 fully saturated rings. The minimum Gasteiger partial charge on any atom is -0.481 e. The van der Waals surface area contributed by atoms with Crippen molar-refractivity contribution in [2.75, 3.05) is 91.6 Å². The highest BCUT2D eigenvalue weighted by Gasteiger charge is 2.32. The molecular weight excluding hydrogens is 959 g/mol. The Bertz CT molecular complexity index is 2070. The molecule has 1 saturated carbocycles. The van der Waals surface area contributed by atoms with Crippen LogP contribution in [-0.4, -0.2) is 215 Å². The van der Waals surface area contributed by atoms with Gasteiger partial charge in [-0.1, -0.05) is 30.3 Å². The summed E-state index contributed by atoms with van der Waals surface area (Å²) in [5.41, 5.74) is 3.03. The van der Waals surface area contributed by atoms with E-state index in [2.05, 4.69) is 26.6 Å². The number of carboxylic acid groups (broad SMARTS) is 5. The number of ether oxygens (including phenoxy) is 1. The third kappa shape index (κ3) is 22.3.